The van der Waals surface area contributed by atoms with E-state index >= 15 is 0 Å². The van der Waals surface area contributed by atoms with Crippen molar-refractivity contribution >= 4 is 21.6 Å². The van der Waals surface area contributed by atoms with E-state index in [1.165, 1.54) is 0 Å². The number of fused-ring (bicyclic) bond motifs is 1. The van der Waals surface area contributed by atoms with Crippen LogP contribution in [0.3, 0.4) is 0 Å². The molecule has 2 rings (SSSR count). The number of likely N-dealkylation sites (N-methyl/N-ethyl adjacent to an activating group) is 1. The van der Waals surface area contributed by atoms with Gasteiger partial charge in [-0.2, -0.15) is 0 Å². The van der Waals surface area contributed by atoms with E-state index in [9.17, 15) is 13.2 Å². The number of nitrogens with zero attached hydrogens (tertiary/aromatic N) is 2. The maximum atomic E-state index is 13.1. The molecule has 0 bridgehead atoms. The van der Waals surface area contributed by atoms with E-state index in [4.69, 9.17) is 9.47 Å². The van der Waals surface area contributed by atoms with E-state index < -0.39 is 10.0 Å². The van der Waals surface area contributed by atoms with Crippen LogP contribution in [0.1, 0.15) is 37.6 Å². The predicted molar refractivity (Wildman–Crippen MR) is 119 cm³/mol. The molecule has 0 saturated heterocycles. The maximum Gasteiger partial charge on any atom is 0.257 e. The number of sulfonamides is 1. The van der Waals surface area contributed by atoms with E-state index in [1.54, 1.807) is 37.3 Å². The Labute approximate surface area is 180 Å². The van der Waals surface area contributed by atoms with Gasteiger partial charge in [0.15, 0.2) is 0 Å². The lowest BCUT2D eigenvalue weighted by atomic mass is 10.0. The molecule has 0 aliphatic carbocycles. The van der Waals surface area contributed by atoms with Crippen LogP contribution in [0.5, 0.6) is 5.75 Å². The van der Waals surface area contributed by atoms with Crippen molar-refractivity contribution in [2.24, 2.45) is 5.92 Å². The van der Waals surface area contributed by atoms with Gasteiger partial charge in [-0.05, 0) is 37.9 Å². The van der Waals surface area contributed by atoms with Crippen LogP contribution < -0.4 is 9.46 Å². The standard InChI is InChI=1S/C21H35N3O5S/c1-7-10-24-12-15(2)20(28-5)13-23(4)21(25)18-9-8-17(22-30(6,26)27)11-19(18)29-14-16(24)3/h8-9,11,15-16,20,22H,7,10,12-14H2,1-6H3/t15-,16+,20+/m0/s1. The summed E-state index contributed by atoms with van der Waals surface area (Å²) in [5.41, 5.74) is 0.758. The van der Waals surface area contributed by atoms with Gasteiger partial charge in [0.25, 0.3) is 5.91 Å². The lowest BCUT2D eigenvalue weighted by Gasteiger charge is -2.35. The molecule has 3 atom stereocenters. The summed E-state index contributed by atoms with van der Waals surface area (Å²) in [6.45, 7) is 9.00. The first-order valence-electron chi connectivity index (χ1n) is 10.3. The molecular weight excluding hydrogens is 406 g/mol. The lowest BCUT2D eigenvalue weighted by Crippen LogP contribution is -2.46. The highest BCUT2D eigenvalue weighted by molar-refractivity contribution is 7.92. The number of methoxy groups -OCH3 is 1. The highest BCUT2D eigenvalue weighted by atomic mass is 32.2. The Morgan fingerprint density at radius 1 is 1.27 bits per heavy atom. The molecule has 0 fully saturated rings. The summed E-state index contributed by atoms with van der Waals surface area (Å²) in [7, 11) is -0.0159. The molecule has 0 aromatic heterocycles. The van der Waals surface area contributed by atoms with E-state index in [1.807, 2.05) is 0 Å². The van der Waals surface area contributed by atoms with Gasteiger partial charge in [-0.1, -0.05) is 13.8 Å². The van der Waals surface area contributed by atoms with E-state index in [-0.39, 0.29) is 24.0 Å². The third-order valence-corrected chi connectivity index (χ3v) is 6.00. The summed E-state index contributed by atoms with van der Waals surface area (Å²) in [6.07, 6.45) is 2.01. The summed E-state index contributed by atoms with van der Waals surface area (Å²) in [5, 5.41) is 0. The van der Waals surface area contributed by atoms with Crippen molar-refractivity contribution in [3.8, 4) is 5.75 Å². The van der Waals surface area contributed by atoms with Gasteiger partial charge in [0.1, 0.15) is 12.4 Å². The van der Waals surface area contributed by atoms with E-state index in [0.717, 1.165) is 25.8 Å². The van der Waals surface area contributed by atoms with E-state index in [0.29, 0.717) is 30.2 Å². The van der Waals surface area contributed by atoms with Crippen LogP contribution in [0.4, 0.5) is 5.69 Å². The van der Waals surface area contributed by atoms with Crippen LogP contribution >= 0.6 is 0 Å². The average Bonchev–Trinajstić information content (AvgIpc) is 2.67. The molecule has 1 N–H and O–H groups in total. The number of benzene rings is 1. The van der Waals surface area contributed by atoms with Gasteiger partial charge >= 0.3 is 0 Å². The van der Waals surface area contributed by atoms with Crippen LogP contribution in [-0.2, 0) is 14.8 Å². The molecule has 1 amide bonds. The minimum atomic E-state index is -3.44. The number of rotatable bonds is 5. The third-order valence-electron chi connectivity index (χ3n) is 5.39. The van der Waals surface area contributed by atoms with Crippen molar-refractivity contribution in [3.05, 3.63) is 23.8 Å². The SMILES string of the molecule is CCCN1C[C@H](C)[C@H](OC)CN(C)C(=O)c2ccc(NS(C)(=O)=O)cc2OC[C@H]1C. The predicted octanol–water partition coefficient (Wildman–Crippen LogP) is 2.27. The maximum absolute atomic E-state index is 13.1. The fourth-order valence-corrected chi connectivity index (χ4v) is 4.28. The Morgan fingerprint density at radius 2 is 1.97 bits per heavy atom. The molecule has 1 aliphatic rings. The Bertz CT molecular complexity index is 830. The number of anilines is 1. The minimum absolute atomic E-state index is 0.0968. The lowest BCUT2D eigenvalue weighted by molar-refractivity contribution is 0.0108. The first kappa shape index (κ1) is 24.4. The van der Waals surface area contributed by atoms with Gasteiger partial charge in [0, 0.05) is 39.4 Å². The molecule has 1 aliphatic heterocycles. The quantitative estimate of drug-likeness (QED) is 0.754. The average molecular weight is 442 g/mol. The topological polar surface area (TPSA) is 88.2 Å². The summed E-state index contributed by atoms with van der Waals surface area (Å²) < 4.78 is 37.4. The number of ether oxygens (including phenoxy) is 2. The molecular formula is C21H35N3O5S. The second-order valence-electron chi connectivity index (χ2n) is 8.18. The van der Waals surface area contributed by atoms with Crippen LogP contribution in [0, 0.1) is 5.92 Å². The highest BCUT2D eigenvalue weighted by Gasteiger charge is 2.28. The Morgan fingerprint density at radius 3 is 2.57 bits per heavy atom. The molecule has 0 unspecified atom stereocenters. The van der Waals surface area contributed by atoms with Crippen molar-refractivity contribution in [1.29, 1.82) is 0 Å². The van der Waals surface area contributed by atoms with Gasteiger partial charge in [-0.25, -0.2) is 8.42 Å². The molecule has 30 heavy (non-hydrogen) atoms. The molecule has 1 aromatic rings. The third kappa shape index (κ3) is 6.58. The first-order valence-corrected chi connectivity index (χ1v) is 12.2. The first-order chi connectivity index (χ1) is 14.1. The summed E-state index contributed by atoms with van der Waals surface area (Å²) in [5.74, 6) is 0.412. The molecule has 0 spiro atoms. The second-order valence-corrected chi connectivity index (χ2v) is 9.93. The van der Waals surface area contributed by atoms with Gasteiger partial charge in [0.2, 0.25) is 10.0 Å². The van der Waals surface area contributed by atoms with Crippen molar-refractivity contribution in [3.63, 3.8) is 0 Å². The van der Waals surface area contributed by atoms with Gasteiger partial charge in [0.05, 0.1) is 23.6 Å². The van der Waals surface area contributed by atoms with Gasteiger partial charge in [-0.3, -0.25) is 14.4 Å². The molecule has 1 heterocycles. The molecule has 9 heteroatoms. The Kier molecular flexibility index (Phi) is 8.52. The summed E-state index contributed by atoms with van der Waals surface area (Å²) in [6, 6.07) is 4.87. The smallest absolute Gasteiger partial charge is 0.257 e. The Hall–Kier alpha value is -1.84. The molecule has 0 saturated carbocycles. The largest absolute Gasteiger partial charge is 0.491 e. The highest BCUT2D eigenvalue weighted by Crippen LogP contribution is 2.27. The molecule has 1 aromatic carbocycles. The zero-order valence-electron chi connectivity index (χ0n) is 18.8. The molecule has 8 nitrogen and oxygen atoms in total. The van der Waals surface area contributed by atoms with E-state index in [2.05, 4.69) is 30.4 Å². The zero-order valence-corrected chi connectivity index (χ0v) is 19.7. The molecule has 0 radical (unpaired) electrons. The molecule has 170 valence electrons. The fourth-order valence-electron chi connectivity index (χ4n) is 3.72. The number of carbonyl (C=O) groups is 1. The fraction of sp³-hybridized carbons (Fsp3) is 0.667. The second kappa shape index (κ2) is 10.5. The number of hydrogen-bond donors (Lipinski definition) is 1. The summed E-state index contributed by atoms with van der Waals surface area (Å²) >= 11 is 0. The van der Waals surface area contributed by atoms with Crippen molar-refractivity contribution in [2.45, 2.75) is 39.3 Å². The van der Waals surface area contributed by atoms with Gasteiger partial charge in [-0.15, -0.1) is 0 Å². The van der Waals surface area contributed by atoms with Crippen molar-refractivity contribution < 1.29 is 22.7 Å². The van der Waals surface area contributed by atoms with Crippen LogP contribution in [0.2, 0.25) is 0 Å². The monoisotopic (exact) mass is 441 g/mol. The minimum Gasteiger partial charge on any atom is -0.491 e. The number of amides is 1. The number of nitrogens with one attached hydrogen (secondary N) is 1. The van der Waals surface area contributed by atoms with Crippen LogP contribution in [0.25, 0.3) is 0 Å². The van der Waals surface area contributed by atoms with Crippen LogP contribution in [0.15, 0.2) is 18.2 Å². The van der Waals surface area contributed by atoms with Crippen molar-refractivity contribution in [1.82, 2.24) is 9.80 Å². The van der Waals surface area contributed by atoms with Gasteiger partial charge < -0.3 is 14.4 Å². The number of carbonyl (C=O) groups excluding carboxylic acids is 1. The zero-order chi connectivity index (χ0) is 22.5. The number of hydrogen-bond acceptors (Lipinski definition) is 6. The Balaban J connectivity index is 2.44. The summed E-state index contributed by atoms with van der Waals surface area (Å²) in [4.78, 5) is 17.1. The normalized spacial score (nSPS) is 24.4. The van der Waals surface area contributed by atoms with Crippen LogP contribution in [-0.4, -0.2) is 82.9 Å². The van der Waals surface area contributed by atoms with Crippen molar-refractivity contribution in [2.75, 3.05) is 51.4 Å².